The minimum atomic E-state index is -4.80. The molecule has 0 aliphatic rings. The van der Waals surface area contributed by atoms with Crippen LogP contribution in [0.4, 0.5) is 18.0 Å². The fourth-order valence-electron chi connectivity index (χ4n) is 2.27. The van der Waals surface area contributed by atoms with Gasteiger partial charge in [0.25, 0.3) is 0 Å². The molecule has 1 aromatic carbocycles. The van der Waals surface area contributed by atoms with E-state index in [1.807, 2.05) is 0 Å². The smallest absolute Gasteiger partial charge is 0.444 e. The van der Waals surface area contributed by atoms with Gasteiger partial charge < -0.3 is 20.1 Å². The van der Waals surface area contributed by atoms with Gasteiger partial charge in [-0.15, -0.1) is 13.2 Å². The Morgan fingerprint density at radius 2 is 1.64 bits per heavy atom. The summed E-state index contributed by atoms with van der Waals surface area (Å²) in [6.45, 7) is 8.76. The van der Waals surface area contributed by atoms with E-state index in [0.717, 1.165) is 0 Å². The third kappa shape index (κ3) is 10.0. The lowest BCUT2D eigenvalue weighted by atomic mass is 10.0. The van der Waals surface area contributed by atoms with Gasteiger partial charge in [0.05, 0.1) is 5.54 Å². The van der Waals surface area contributed by atoms with Gasteiger partial charge in [0.15, 0.2) is 0 Å². The highest BCUT2D eigenvalue weighted by atomic mass is 19.4. The molecule has 0 aliphatic carbocycles. The zero-order chi connectivity index (χ0) is 21.6. The summed E-state index contributed by atoms with van der Waals surface area (Å²) < 4.78 is 46.5. The Hall–Kier alpha value is -2.45. The largest absolute Gasteiger partial charge is 0.573 e. The molecule has 2 amide bonds. The number of amides is 2. The van der Waals surface area contributed by atoms with Crippen LogP contribution in [0.15, 0.2) is 24.3 Å². The first-order chi connectivity index (χ1) is 12.7. The fourth-order valence-corrected chi connectivity index (χ4v) is 2.27. The molecule has 0 saturated carbocycles. The number of para-hydroxylation sites is 1. The third-order valence-electron chi connectivity index (χ3n) is 3.37. The van der Waals surface area contributed by atoms with Crippen LogP contribution in [0.2, 0.25) is 0 Å². The number of aryl methyl sites for hydroxylation is 1. The van der Waals surface area contributed by atoms with E-state index in [4.69, 9.17) is 4.74 Å². The van der Waals surface area contributed by atoms with Gasteiger partial charge in [-0.3, -0.25) is 4.79 Å². The normalized spacial score (nSPS) is 12.3. The summed E-state index contributed by atoms with van der Waals surface area (Å²) >= 11 is 0. The fraction of sp³-hybridized carbons (Fsp3) is 0.579. The maximum Gasteiger partial charge on any atom is 0.573 e. The van der Waals surface area contributed by atoms with E-state index in [0.29, 0.717) is 0 Å². The monoisotopic (exact) mass is 404 g/mol. The highest BCUT2D eigenvalue weighted by Crippen LogP contribution is 2.27. The summed E-state index contributed by atoms with van der Waals surface area (Å²) in [4.78, 5) is 23.9. The number of rotatable bonds is 7. The molecule has 0 saturated heterocycles. The molecular weight excluding hydrogens is 377 g/mol. The maximum absolute atomic E-state index is 12.4. The maximum atomic E-state index is 12.4. The highest BCUT2D eigenvalue weighted by molar-refractivity contribution is 5.77. The predicted octanol–water partition coefficient (Wildman–Crippen LogP) is 3.94. The zero-order valence-corrected chi connectivity index (χ0v) is 16.7. The molecule has 2 N–H and O–H groups in total. The van der Waals surface area contributed by atoms with Crippen LogP contribution in [-0.4, -0.2) is 36.0 Å². The molecule has 9 heteroatoms. The van der Waals surface area contributed by atoms with Crippen molar-refractivity contribution in [1.82, 2.24) is 10.6 Å². The Morgan fingerprint density at radius 1 is 1.04 bits per heavy atom. The summed E-state index contributed by atoms with van der Waals surface area (Å²) in [5, 5.41) is 5.31. The highest BCUT2D eigenvalue weighted by Gasteiger charge is 2.32. The Bertz CT molecular complexity index is 682. The SMILES string of the molecule is CC(C)(CNC(=O)OC(C)(C)C)NC(=O)CCc1ccccc1OC(F)(F)F. The van der Waals surface area contributed by atoms with Crippen LogP contribution in [0.3, 0.4) is 0 Å². The van der Waals surface area contributed by atoms with Crippen molar-refractivity contribution in [2.24, 2.45) is 0 Å². The van der Waals surface area contributed by atoms with Crippen LogP contribution in [0.25, 0.3) is 0 Å². The molecule has 0 radical (unpaired) electrons. The number of halogens is 3. The number of hydrogen-bond donors (Lipinski definition) is 2. The lowest BCUT2D eigenvalue weighted by molar-refractivity contribution is -0.274. The van der Waals surface area contributed by atoms with Gasteiger partial charge in [-0.05, 0) is 52.7 Å². The van der Waals surface area contributed by atoms with E-state index >= 15 is 0 Å². The van der Waals surface area contributed by atoms with Crippen LogP contribution < -0.4 is 15.4 Å². The van der Waals surface area contributed by atoms with Crippen molar-refractivity contribution in [2.45, 2.75) is 65.0 Å². The van der Waals surface area contributed by atoms with E-state index in [-0.39, 0.29) is 36.6 Å². The lowest BCUT2D eigenvalue weighted by Gasteiger charge is -2.28. The van der Waals surface area contributed by atoms with E-state index in [1.165, 1.54) is 18.2 Å². The summed E-state index contributed by atoms with van der Waals surface area (Å²) in [6.07, 6.45) is -5.36. The van der Waals surface area contributed by atoms with Gasteiger partial charge in [0.1, 0.15) is 11.4 Å². The van der Waals surface area contributed by atoms with Crippen molar-refractivity contribution in [3.05, 3.63) is 29.8 Å². The third-order valence-corrected chi connectivity index (χ3v) is 3.37. The van der Waals surface area contributed by atoms with Gasteiger partial charge >= 0.3 is 12.5 Å². The topological polar surface area (TPSA) is 76.7 Å². The Balaban J connectivity index is 2.55. The van der Waals surface area contributed by atoms with Gasteiger partial charge in [0, 0.05) is 13.0 Å². The van der Waals surface area contributed by atoms with E-state index in [9.17, 15) is 22.8 Å². The van der Waals surface area contributed by atoms with Gasteiger partial charge in [0.2, 0.25) is 5.91 Å². The number of ether oxygens (including phenoxy) is 2. The molecule has 0 atom stereocenters. The Labute approximate surface area is 162 Å². The summed E-state index contributed by atoms with van der Waals surface area (Å²) in [5.74, 6) is -0.688. The molecule has 0 spiro atoms. The van der Waals surface area contributed by atoms with E-state index in [1.54, 1.807) is 40.7 Å². The molecule has 0 bridgehead atoms. The van der Waals surface area contributed by atoms with E-state index < -0.39 is 23.6 Å². The second kappa shape index (κ2) is 9.16. The number of nitrogens with one attached hydrogen (secondary N) is 2. The van der Waals surface area contributed by atoms with Crippen LogP contribution in [-0.2, 0) is 16.0 Å². The van der Waals surface area contributed by atoms with Gasteiger partial charge in [-0.2, -0.15) is 0 Å². The lowest BCUT2D eigenvalue weighted by Crippen LogP contribution is -2.52. The number of alkyl carbamates (subject to hydrolysis) is 1. The molecule has 0 aliphatic heterocycles. The number of carbonyl (C=O) groups is 2. The molecule has 6 nitrogen and oxygen atoms in total. The Kier molecular flexibility index (Phi) is 7.72. The first-order valence-electron chi connectivity index (χ1n) is 8.78. The average molecular weight is 404 g/mol. The summed E-state index contributed by atoms with van der Waals surface area (Å²) in [7, 11) is 0. The number of alkyl halides is 3. The Morgan fingerprint density at radius 3 is 2.21 bits per heavy atom. The first kappa shape index (κ1) is 23.6. The number of carbonyl (C=O) groups excluding carboxylic acids is 2. The number of benzene rings is 1. The molecule has 0 unspecified atom stereocenters. The van der Waals surface area contributed by atoms with Crippen molar-refractivity contribution in [3.8, 4) is 5.75 Å². The van der Waals surface area contributed by atoms with Gasteiger partial charge in [-0.1, -0.05) is 18.2 Å². The van der Waals surface area contributed by atoms with Crippen LogP contribution in [0.1, 0.15) is 46.6 Å². The molecule has 1 aromatic rings. The van der Waals surface area contributed by atoms with Gasteiger partial charge in [-0.25, -0.2) is 4.79 Å². The predicted molar refractivity (Wildman–Crippen MR) is 97.9 cm³/mol. The van der Waals surface area contributed by atoms with Crippen molar-refractivity contribution in [3.63, 3.8) is 0 Å². The molecule has 28 heavy (non-hydrogen) atoms. The molecule has 0 fully saturated rings. The summed E-state index contributed by atoms with van der Waals surface area (Å²) in [6, 6.07) is 5.68. The van der Waals surface area contributed by atoms with Crippen LogP contribution in [0, 0.1) is 0 Å². The van der Waals surface area contributed by atoms with Crippen molar-refractivity contribution in [2.75, 3.05) is 6.54 Å². The minimum absolute atomic E-state index is 0.0336. The van der Waals surface area contributed by atoms with Crippen molar-refractivity contribution in [1.29, 1.82) is 0 Å². The number of hydrogen-bond acceptors (Lipinski definition) is 4. The molecule has 158 valence electrons. The van der Waals surface area contributed by atoms with Crippen LogP contribution >= 0.6 is 0 Å². The van der Waals surface area contributed by atoms with Crippen molar-refractivity contribution < 1.29 is 32.2 Å². The first-order valence-corrected chi connectivity index (χ1v) is 8.78. The molecule has 1 rings (SSSR count). The quantitative estimate of drug-likeness (QED) is 0.722. The molecular formula is C19H27F3N2O4. The molecule has 0 aromatic heterocycles. The second-order valence-corrected chi connectivity index (χ2v) is 7.94. The van der Waals surface area contributed by atoms with Crippen LogP contribution in [0.5, 0.6) is 5.75 Å². The molecule has 0 heterocycles. The van der Waals surface area contributed by atoms with Crippen molar-refractivity contribution >= 4 is 12.0 Å². The average Bonchev–Trinajstić information content (AvgIpc) is 2.49. The summed E-state index contributed by atoms with van der Waals surface area (Å²) in [5.41, 5.74) is -1.13. The zero-order valence-electron chi connectivity index (χ0n) is 16.7. The minimum Gasteiger partial charge on any atom is -0.444 e. The second-order valence-electron chi connectivity index (χ2n) is 7.94. The van der Waals surface area contributed by atoms with E-state index in [2.05, 4.69) is 15.4 Å². The standard InChI is InChI=1S/C19H27F3N2O4/c1-17(2,3)28-16(26)23-12-18(4,5)24-15(25)11-10-13-8-6-7-9-14(13)27-19(20,21)22/h6-9H,10-12H2,1-5H3,(H,23,26)(H,24,25).